The summed E-state index contributed by atoms with van der Waals surface area (Å²) in [5.41, 5.74) is 0.440. The number of rotatable bonds is 6. The molecule has 20 heavy (non-hydrogen) atoms. The summed E-state index contributed by atoms with van der Waals surface area (Å²) < 4.78 is 4.68. The van der Waals surface area contributed by atoms with Crippen LogP contribution in [0, 0.1) is 5.92 Å². The zero-order valence-electron chi connectivity index (χ0n) is 11.9. The van der Waals surface area contributed by atoms with Crippen molar-refractivity contribution < 1.29 is 19.1 Å². The molecule has 0 aromatic heterocycles. The summed E-state index contributed by atoms with van der Waals surface area (Å²) in [6.45, 7) is 5.26. The molecule has 1 aromatic rings. The van der Waals surface area contributed by atoms with E-state index in [1.54, 1.807) is 51.1 Å². The van der Waals surface area contributed by atoms with Gasteiger partial charge in [-0.3, -0.25) is 9.59 Å². The van der Waals surface area contributed by atoms with E-state index < -0.39 is 17.8 Å². The number of amides is 1. The number of benzene rings is 1. The molecule has 1 atom stereocenters. The molecule has 0 aliphatic carbocycles. The Balaban J connectivity index is 2.80. The van der Waals surface area contributed by atoms with Crippen LogP contribution < -0.4 is 5.32 Å². The molecule has 5 nitrogen and oxygen atoms in total. The van der Waals surface area contributed by atoms with Crippen LogP contribution in [0.25, 0.3) is 0 Å². The van der Waals surface area contributed by atoms with Crippen LogP contribution in [0.2, 0.25) is 0 Å². The Morgan fingerprint density at radius 3 is 2.25 bits per heavy atom. The number of carbonyl (C=O) groups is 3. The fraction of sp³-hybridized carbons (Fsp3) is 0.400. The van der Waals surface area contributed by atoms with Crippen molar-refractivity contribution in [2.24, 2.45) is 5.92 Å². The lowest BCUT2D eigenvalue weighted by Crippen LogP contribution is -2.47. The highest BCUT2D eigenvalue weighted by molar-refractivity contribution is 6.36. The van der Waals surface area contributed by atoms with Gasteiger partial charge in [0.05, 0.1) is 6.61 Å². The number of nitrogens with one attached hydrogen (secondary N) is 1. The van der Waals surface area contributed by atoms with Crippen molar-refractivity contribution in [2.75, 3.05) is 6.61 Å². The van der Waals surface area contributed by atoms with Crippen molar-refractivity contribution in [2.45, 2.75) is 26.8 Å². The third-order valence-electron chi connectivity index (χ3n) is 2.75. The van der Waals surface area contributed by atoms with Crippen LogP contribution in [0.15, 0.2) is 30.3 Å². The number of hydrogen-bond donors (Lipinski definition) is 1. The average Bonchev–Trinajstić information content (AvgIpc) is 2.44. The first-order valence-electron chi connectivity index (χ1n) is 6.54. The minimum Gasteiger partial charge on any atom is -0.460 e. The molecule has 1 amide bonds. The quantitative estimate of drug-likeness (QED) is 0.633. The summed E-state index contributed by atoms with van der Waals surface area (Å²) >= 11 is 0. The van der Waals surface area contributed by atoms with Crippen molar-refractivity contribution in [1.29, 1.82) is 0 Å². The summed E-state index contributed by atoms with van der Waals surface area (Å²) in [4.78, 5) is 35.5. The second-order valence-electron chi connectivity index (χ2n) is 4.65. The fourth-order valence-corrected chi connectivity index (χ4v) is 1.68. The lowest BCUT2D eigenvalue weighted by Gasteiger charge is -2.20. The van der Waals surface area contributed by atoms with E-state index in [4.69, 9.17) is 0 Å². The predicted molar refractivity (Wildman–Crippen MR) is 74.2 cm³/mol. The predicted octanol–water partition coefficient (Wildman–Crippen LogP) is 1.57. The number of ketones is 1. The first kappa shape index (κ1) is 15.9. The highest BCUT2D eigenvalue weighted by Gasteiger charge is 2.30. The number of Topliss-reactive ketones (excluding diaryl/α,β-unsaturated/α-hetero) is 1. The van der Waals surface area contributed by atoms with Gasteiger partial charge in [0.1, 0.15) is 6.04 Å². The van der Waals surface area contributed by atoms with E-state index in [2.05, 4.69) is 10.1 Å². The van der Waals surface area contributed by atoms with Gasteiger partial charge in [-0.05, 0) is 25.0 Å². The SMILES string of the molecule is CCOC(=O)C(=O)C(NC(=O)c1ccccc1)C(C)C. The van der Waals surface area contributed by atoms with E-state index in [1.807, 2.05) is 0 Å². The molecule has 0 radical (unpaired) electrons. The molecular weight excluding hydrogens is 258 g/mol. The smallest absolute Gasteiger partial charge is 0.376 e. The summed E-state index contributed by atoms with van der Waals surface area (Å²) in [6.07, 6.45) is 0. The monoisotopic (exact) mass is 277 g/mol. The molecule has 5 heteroatoms. The van der Waals surface area contributed by atoms with Crippen LogP contribution in [0.3, 0.4) is 0 Å². The Hall–Kier alpha value is -2.17. The van der Waals surface area contributed by atoms with E-state index in [0.29, 0.717) is 5.56 Å². The Labute approximate surface area is 118 Å². The van der Waals surface area contributed by atoms with Gasteiger partial charge >= 0.3 is 5.97 Å². The molecule has 0 saturated heterocycles. The lowest BCUT2D eigenvalue weighted by molar-refractivity contribution is -0.154. The van der Waals surface area contributed by atoms with Crippen molar-refractivity contribution in [3.05, 3.63) is 35.9 Å². The van der Waals surface area contributed by atoms with E-state index in [9.17, 15) is 14.4 Å². The first-order valence-corrected chi connectivity index (χ1v) is 6.54. The van der Waals surface area contributed by atoms with Gasteiger partial charge in [-0.25, -0.2) is 4.79 Å². The van der Waals surface area contributed by atoms with Gasteiger partial charge in [0, 0.05) is 5.56 Å². The van der Waals surface area contributed by atoms with E-state index in [1.165, 1.54) is 0 Å². The van der Waals surface area contributed by atoms with Crippen LogP contribution >= 0.6 is 0 Å². The summed E-state index contributed by atoms with van der Waals surface area (Å²) in [7, 11) is 0. The lowest BCUT2D eigenvalue weighted by atomic mass is 9.99. The van der Waals surface area contributed by atoms with Crippen LogP contribution in [0.4, 0.5) is 0 Å². The molecule has 0 aliphatic heterocycles. The standard InChI is InChI=1S/C15H19NO4/c1-4-20-15(19)13(17)12(10(2)3)16-14(18)11-8-6-5-7-9-11/h5-10,12H,4H2,1-3H3,(H,16,18). The highest BCUT2D eigenvalue weighted by atomic mass is 16.5. The number of hydrogen-bond acceptors (Lipinski definition) is 4. The highest BCUT2D eigenvalue weighted by Crippen LogP contribution is 2.07. The molecule has 0 fully saturated rings. The average molecular weight is 277 g/mol. The molecule has 1 unspecified atom stereocenters. The van der Waals surface area contributed by atoms with Gasteiger partial charge in [-0.2, -0.15) is 0 Å². The molecule has 0 aliphatic rings. The Morgan fingerprint density at radius 2 is 1.75 bits per heavy atom. The van der Waals surface area contributed by atoms with E-state index >= 15 is 0 Å². The largest absolute Gasteiger partial charge is 0.460 e. The molecule has 1 aromatic carbocycles. The summed E-state index contributed by atoms with van der Waals surface area (Å²) in [5, 5.41) is 2.58. The zero-order chi connectivity index (χ0) is 15.1. The van der Waals surface area contributed by atoms with Gasteiger partial charge in [0.2, 0.25) is 0 Å². The third kappa shape index (κ3) is 4.19. The normalized spacial score (nSPS) is 11.8. The maximum Gasteiger partial charge on any atom is 0.376 e. The molecule has 108 valence electrons. The Morgan fingerprint density at radius 1 is 1.15 bits per heavy atom. The molecule has 0 bridgehead atoms. The van der Waals surface area contributed by atoms with Crippen molar-refractivity contribution in [3.63, 3.8) is 0 Å². The van der Waals surface area contributed by atoms with Crippen LogP contribution in [0.5, 0.6) is 0 Å². The van der Waals surface area contributed by atoms with Crippen molar-refractivity contribution >= 4 is 17.7 Å². The second-order valence-corrected chi connectivity index (χ2v) is 4.65. The molecule has 0 saturated carbocycles. The van der Waals surface area contributed by atoms with Gasteiger partial charge in [0.15, 0.2) is 0 Å². The molecule has 0 heterocycles. The minimum atomic E-state index is -0.917. The molecule has 0 spiro atoms. The second kappa shape index (κ2) is 7.43. The van der Waals surface area contributed by atoms with Gasteiger partial charge < -0.3 is 10.1 Å². The Bertz CT molecular complexity index is 482. The summed E-state index contributed by atoms with van der Waals surface area (Å²) in [6, 6.07) is 7.64. The van der Waals surface area contributed by atoms with E-state index in [0.717, 1.165) is 0 Å². The van der Waals surface area contributed by atoms with Gasteiger partial charge in [-0.1, -0.05) is 32.0 Å². The summed E-state index contributed by atoms with van der Waals surface area (Å²) in [5.74, 6) is -2.24. The van der Waals surface area contributed by atoms with Gasteiger partial charge in [0.25, 0.3) is 11.7 Å². The molecular formula is C15H19NO4. The van der Waals surface area contributed by atoms with E-state index in [-0.39, 0.29) is 18.4 Å². The molecule has 1 N–H and O–H groups in total. The number of carbonyl (C=O) groups excluding carboxylic acids is 3. The van der Waals surface area contributed by atoms with Gasteiger partial charge in [-0.15, -0.1) is 0 Å². The Kier molecular flexibility index (Phi) is 5.90. The number of ether oxygens (including phenoxy) is 1. The first-order chi connectivity index (χ1) is 9.47. The molecule has 1 rings (SSSR count). The fourth-order valence-electron chi connectivity index (χ4n) is 1.68. The van der Waals surface area contributed by atoms with Crippen LogP contribution in [-0.4, -0.2) is 30.3 Å². The van der Waals surface area contributed by atoms with Crippen molar-refractivity contribution in [1.82, 2.24) is 5.32 Å². The van der Waals surface area contributed by atoms with Crippen molar-refractivity contribution in [3.8, 4) is 0 Å². The van der Waals surface area contributed by atoms with Crippen LogP contribution in [0.1, 0.15) is 31.1 Å². The topological polar surface area (TPSA) is 72.5 Å². The maximum atomic E-state index is 12.0. The van der Waals surface area contributed by atoms with Crippen LogP contribution in [-0.2, 0) is 14.3 Å². The maximum absolute atomic E-state index is 12.0. The zero-order valence-corrected chi connectivity index (χ0v) is 11.9. The number of esters is 1. The minimum absolute atomic E-state index is 0.127. The third-order valence-corrected chi connectivity index (χ3v) is 2.75.